The van der Waals surface area contributed by atoms with Gasteiger partial charge in [0.25, 0.3) is 0 Å². The fourth-order valence-electron chi connectivity index (χ4n) is 2.26. The fraction of sp³-hybridized carbons (Fsp3) is 0.0625. The van der Waals surface area contributed by atoms with Crippen molar-refractivity contribution >= 4 is 32.6 Å². The van der Waals surface area contributed by atoms with E-state index in [1.165, 1.54) is 12.1 Å². The number of carbonyl (C=O) groups is 1. The predicted molar refractivity (Wildman–Crippen MR) is 80.6 cm³/mol. The zero-order valence-corrected chi connectivity index (χ0v) is 12.3. The minimum atomic E-state index is -0.350. The second-order valence-electron chi connectivity index (χ2n) is 4.68. The van der Waals surface area contributed by atoms with E-state index in [1.54, 1.807) is 18.3 Å². The molecule has 0 saturated heterocycles. The Kier molecular flexibility index (Phi) is 3.18. The van der Waals surface area contributed by atoms with Gasteiger partial charge in [-0.1, -0.05) is 22.0 Å². The lowest BCUT2D eigenvalue weighted by Crippen LogP contribution is -2.03. The Hall–Kier alpha value is -1.94. The Morgan fingerprint density at radius 3 is 2.75 bits per heavy atom. The summed E-state index contributed by atoms with van der Waals surface area (Å²) < 4.78 is 14.2. The van der Waals surface area contributed by atoms with Crippen LogP contribution in [0.4, 0.5) is 4.39 Å². The normalized spacial score (nSPS) is 10.9. The summed E-state index contributed by atoms with van der Waals surface area (Å²) in [4.78, 5) is 15.6. The van der Waals surface area contributed by atoms with Gasteiger partial charge in [-0.25, -0.2) is 4.39 Å². The molecule has 2 nitrogen and oxygen atoms in total. The number of aromatic amines is 1. The highest BCUT2D eigenvalue weighted by molar-refractivity contribution is 9.10. The molecular weight excluding hydrogens is 321 g/mol. The van der Waals surface area contributed by atoms with Gasteiger partial charge in [-0.3, -0.25) is 4.79 Å². The highest BCUT2D eigenvalue weighted by Crippen LogP contribution is 2.25. The third-order valence-corrected chi connectivity index (χ3v) is 3.83. The molecule has 3 rings (SSSR count). The molecule has 0 unspecified atom stereocenters. The Balaban J connectivity index is 2.17. The number of benzene rings is 2. The molecule has 2 aromatic carbocycles. The van der Waals surface area contributed by atoms with Gasteiger partial charge in [-0.15, -0.1) is 0 Å². The van der Waals surface area contributed by atoms with Crippen LogP contribution in [0.2, 0.25) is 0 Å². The standard InChI is InChI=1S/C16H11BrFNO/c1-9-2-3-10(17)6-12(9)16(20)14-8-19-15-5-4-11(18)7-13(14)15/h2-8,19H,1H3. The van der Waals surface area contributed by atoms with Gasteiger partial charge < -0.3 is 4.98 Å². The summed E-state index contributed by atoms with van der Waals surface area (Å²) in [6.45, 7) is 1.88. The van der Waals surface area contributed by atoms with Gasteiger partial charge in [-0.05, 0) is 42.8 Å². The van der Waals surface area contributed by atoms with E-state index in [0.29, 0.717) is 16.5 Å². The van der Waals surface area contributed by atoms with Crippen LogP contribution in [0, 0.1) is 12.7 Å². The van der Waals surface area contributed by atoms with Crippen LogP contribution in [0.1, 0.15) is 21.5 Å². The Labute approximate surface area is 123 Å². The lowest BCUT2D eigenvalue weighted by atomic mass is 9.99. The molecule has 0 aliphatic heterocycles. The molecule has 0 aliphatic carbocycles. The molecule has 0 atom stereocenters. The number of nitrogens with one attached hydrogen (secondary N) is 1. The van der Waals surface area contributed by atoms with Crippen LogP contribution in [-0.2, 0) is 0 Å². The molecule has 1 aromatic heterocycles. The number of fused-ring (bicyclic) bond motifs is 1. The summed E-state index contributed by atoms with van der Waals surface area (Å²) >= 11 is 3.37. The highest BCUT2D eigenvalue weighted by Gasteiger charge is 2.16. The maximum absolute atomic E-state index is 13.4. The van der Waals surface area contributed by atoms with Crippen molar-refractivity contribution < 1.29 is 9.18 Å². The maximum atomic E-state index is 13.4. The number of hydrogen-bond donors (Lipinski definition) is 1. The molecule has 1 N–H and O–H groups in total. The van der Waals surface area contributed by atoms with E-state index in [4.69, 9.17) is 0 Å². The van der Waals surface area contributed by atoms with Crippen molar-refractivity contribution in [3.8, 4) is 0 Å². The molecule has 0 saturated carbocycles. The van der Waals surface area contributed by atoms with Crippen molar-refractivity contribution in [3.63, 3.8) is 0 Å². The number of aromatic nitrogens is 1. The first-order valence-corrected chi connectivity index (χ1v) is 6.93. The Morgan fingerprint density at radius 1 is 1.15 bits per heavy atom. The molecule has 4 heteroatoms. The molecule has 20 heavy (non-hydrogen) atoms. The number of carbonyl (C=O) groups excluding carboxylic acids is 1. The molecule has 0 spiro atoms. The van der Waals surface area contributed by atoms with Crippen molar-refractivity contribution in [2.24, 2.45) is 0 Å². The molecule has 3 aromatic rings. The molecule has 0 radical (unpaired) electrons. The maximum Gasteiger partial charge on any atom is 0.195 e. The molecule has 0 amide bonds. The predicted octanol–water partition coefficient (Wildman–Crippen LogP) is 4.61. The third-order valence-electron chi connectivity index (χ3n) is 3.33. The zero-order chi connectivity index (χ0) is 14.3. The van der Waals surface area contributed by atoms with Gasteiger partial charge in [0, 0.05) is 32.7 Å². The number of rotatable bonds is 2. The van der Waals surface area contributed by atoms with Crippen molar-refractivity contribution in [2.45, 2.75) is 6.92 Å². The summed E-state index contributed by atoms with van der Waals surface area (Å²) in [7, 11) is 0. The van der Waals surface area contributed by atoms with Gasteiger partial charge in [0.1, 0.15) is 5.82 Å². The number of aryl methyl sites for hydroxylation is 1. The molecular formula is C16H11BrFNO. The van der Waals surface area contributed by atoms with Gasteiger partial charge in [0.15, 0.2) is 5.78 Å². The van der Waals surface area contributed by atoms with Gasteiger partial charge in [0.2, 0.25) is 0 Å². The lowest BCUT2D eigenvalue weighted by molar-refractivity contribution is 0.103. The van der Waals surface area contributed by atoms with Gasteiger partial charge in [-0.2, -0.15) is 0 Å². The van der Waals surface area contributed by atoms with E-state index in [-0.39, 0.29) is 11.6 Å². The van der Waals surface area contributed by atoms with Crippen molar-refractivity contribution in [2.75, 3.05) is 0 Å². The van der Waals surface area contributed by atoms with Gasteiger partial charge >= 0.3 is 0 Å². The first-order chi connectivity index (χ1) is 9.56. The van der Waals surface area contributed by atoms with Crippen molar-refractivity contribution in [1.29, 1.82) is 0 Å². The van der Waals surface area contributed by atoms with Gasteiger partial charge in [0.05, 0.1) is 0 Å². The number of ketones is 1. The van der Waals surface area contributed by atoms with Crippen LogP contribution in [-0.4, -0.2) is 10.8 Å². The van der Waals surface area contributed by atoms with Crippen LogP contribution in [0.25, 0.3) is 10.9 Å². The SMILES string of the molecule is Cc1ccc(Br)cc1C(=O)c1c[nH]c2ccc(F)cc12. The summed E-state index contributed by atoms with van der Waals surface area (Å²) in [5.74, 6) is -0.460. The average Bonchev–Trinajstić information content (AvgIpc) is 2.83. The largest absolute Gasteiger partial charge is 0.360 e. The minimum Gasteiger partial charge on any atom is -0.360 e. The lowest BCUT2D eigenvalue weighted by Gasteiger charge is -2.05. The second-order valence-corrected chi connectivity index (χ2v) is 5.60. The van der Waals surface area contributed by atoms with Crippen LogP contribution in [0.3, 0.4) is 0 Å². The van der Waals surface area contributed by atoms with E-state index in [2.05, 4.69) is 20.9 Å². The number of halogens is 2. The molecule has 100 valence electrons. The summed E-state index contributed by atoms with van der Waals surface area (Å²) in [5.41, 5.74) is 2.75. The zero-order valence-electron chi connectivity index (χ0n) is 10.7. The topological polar surface area (TPSA) is 32.9 Å². The van der Waals surface area contributed by atoms with E-state index in [9.17, 15) is 9.18 Å². The number of hydrogen-bond acceptors (Lipinski definition) is 1. The summed E-state index contributed by atoms with van der Waals surface area (Å²) in [6, 6.07) is 9.95. The average molecular weight is 332 g/mol. The van der Waals surface area contributed by atoms with E-state index in [0.717, 1.165) is 15.6 Å². The van der Waals surface area contributed by atoms with E-state index in [1.807, 2.05) is 19.1 Å². The van der Waals surface area contributed by atoms with E-state index < -0.39 is 0 Å². The summed E-state index contributed by atoms with van der Waals surface area (Å²) in [5, 5.41) is 0.606. The number of H-pyrrole nitrogens is 1. The monoisotopic (exact) mass is 331 g/mol. The molecule has 0 bridgehead atoms. The van der Waals surface area contributed by atoms with Crippen LogP contribution in [0.15, 0.2) is 47.1 Å². The first-order valence-electron chi connectivity index (χ1n) is 6.14. The van der Waals surface area contributed by atoms with Crippen LogP contribution < -0.4 is 0 Å². The van der Waals surface area contributed by atoms with Crippen LogP contribution in [0.5, 0.6) is 0 Å². The minimum absolute atomic E-state index is 0.111. The first kappa shape index (κ1) is 13.1. The quantitative estimate of drug-likeness (QED) is 0.683. The molecule has 0 aliphatic rings. The molecule has 0 fully saturated rings. The van der Waals surface area contributed by atoms with E-state index >= 15 is 0 Å². The summed E-state index contributed by atoms with van der Waals surface area (Å²) in [6.07, 6.45) is 1.63. The van der Waals surface area contributed by atoms with Crippen LogP contribution >= 0.6 is 15.9 Å². The fourth-order valence-corrected chi connectivity index (χ4v) is 2.63. The third kappa shape index (κ3) is 2.16. The van der Waals surface area contributed by atoms with Crippen molar-refractivity contribution in [1.82, 2.24) is 4.98 Å². The second kappa shape index (κ2) is 4.87. The Bertz CT molecular complexity index is 822. The smallest absolute Gasteiger partial charge is 0.195 e. The highest BCUT2D eigenvalue weighted by atomic mass is 79.9. The molecule has 1 heterocycles. The Morgan fingerprint density at radius 2 is 1.95 bits per heavy atom. The van der Waals surface area contributed by atoms with Crippen molar-refractivity contribution in [3.05, 3.63) is 69.6 Å².